The Morgan fingerprint density at radius 1 is 0.508 bits per heavy atom. The van der Waals surface area contributed by atoms with Gasteiger partial charge in [-0.25, -0.2) is 0 Å². The molecule has 2 aliphatic heterocycles. The summed E-state index contributed by atoms with van der Waals surface area (Å²) >= 11 is 1.89. The number of rotatable bonds is 1. The first-order chi connectivity index (χ1) is 30.4. The maximum Gasteiger partial charge on any atom is 0.333 e. The summed E-state index contributed by atoms with van der Waals surface area (Å²) in [5.74, 6) is 0. The van der Waals surface area contributed by atoms with E-state index in [-0.39, 0.29) is 17.7 Å². The second-order valence-electron chi connectivity index (χ2n) is 20.2. The van der Waals surface area contributed by atoms with Crippen molar-refractivity contribution in [2.75, 3.05) is 4.81 Å². The first kappa shape index (κ1) is 35.8. The van der Waals surface area contributed by atoms with Gasteiger partial charge in [-0.15, -0.1) is 11.3 Å². The Kier molecular flexibility index (Phi) is 6.72. The summed E-state index contributed by atoms with van der Waals surface area (Å²) in [5.41, 5.74) is 18.8. The topological polar surface area (TPSA) is 34.5 Å². The van der Waals surface area contributed by atoms with Crippen LogP contribution in [-0.4, -0.2) is 11.4 Å². The number of benzene rings is 8. The van der Waals surface area contributed by atoms with Crippen LogP contribution in [0.1, 0.15) is 58.2 Å². The molecule has 302 valence electrons. The van der Waals surface area contributed by atoms with Gasteiger partial charge in [-0.05, 0) is 118 Å². The minimum Gasteiger partial charge on any atom is -0.456 e. The van der Waals surface area contributed by atoms with Crippen molar-refractivity contribution in [2.24, 2.45) is 0 Å². The molecule has 6 heterocycles. The Labute approximate surface area is 369 Å². The number of hydrogen-bond donors (Lipinski definition) is 0. The summed E-state index contributed by atoms with van der Waals surface area (Å²) in [6.45, 7) is 15.9. The molecule has 8 aromatic carbocycles. The Balaban J connectivity index is 1.17. The third-order valence-electron chi connectivity index (χ3n) is 14.4. The van der Waals surface area contributed by atoms with Crippen molar-refractivity contribution in [1.29, 1.82) is 0 Å². The maximum absolute atomic E-state index is 6.82. The fourth-order valence-corrected chi connectivity index (χ4v) is 12.4. The molecule has 12 aromatic rings. The summed E-state index contributed by atoms with van der Waals surface area (Å²) in [4.78, 5) is 2.63. The number of anilines is 2. The molecular formula is C57H43BN2O2S. The minimum absolute atomic E-state index is 0.00943. The molecule has 0 N–H and O–H groups in total. The van der Waals surface area contributed by atoms with Crippen molar-refractivity contribution >= 4 is 126 Å². The molecule has 0 fully saturated rings. The highest BCUT2D eigenvalue weighted by Gasteiger charge is 2.45. The smallest absolute Gasteiger partial charge is 0.333 e. The first-order valence-electron chi connectivity index (χ1n) is 22.2. The van der Waals surface area contributed by atoms with E-state index in [9.17, 15) is 0 Å². The van der Waals surface area contributed by atoms with E-state index in [0.29, 0.717) is 0 Å². The number of hydrogen-bond acceptors (Lipinski definition) is 4. The zero-order valence-corrected chi connectivity index (χ0v) is 37.2. The SMILES string of the molecule is Cc1cc2c3c4c1c1cc5oc6ccccc6c5cc1n4-c1cc4c(cc1B3N(c1ccc(C(C)(C)C)cc1)c1cc3oc5ccc(C(C)(C)C)cc5c3cc1-2)sc1ccccc14. The predicted octanol–water partition coefficient (Wildman–Crippen LogP) is 15.1. The molecule has 0 saturated heterocycles. The fourth-order valence-electron chi connectivity index (χ4n) is 11.3. The Bertz CT molecular complexity index is 4010. The standard InChI is InChI=1S/C57H43BN2O2S/c1-30-22-41-36-24-38-37-23-32(57(5,6)7)18-21-48(37)62-50(38)29-45(36)60(33-19-16-31(17-20-33)56(2,3)4)58-43-28-52-40(35-13-9-11-15-51(35)63-52)26-46(43)59-44-25-39-34-12-8-10-14-47(34)61-49(39)27-42(44)53(30)55(59)54(41)58/h8-29H,1-7H3. The van der Waals surface area contributed by atoms with Crippen LogP contribution in [0.15, 0.2) is 142 Å². The lowest BCUT2D eigenvalue weighted by molar-refractivity contribution is 0.590. The van der Waals surface area contributed by atoms with E-state index >= 15 is 0 Å². The van der Waals surface area contributed by atoms with Crippen LogP contribution in [0, 0.1) is 6.92 Å². The molecule has 0 saturated carbocycles. The zero-order chi connectivity index (χ0) is 42.4. The van der Waals surface area contributed by atoms with Gasteiger partial charge in [-0.3, -0.25) is 0 Å². The van der Waals surface area contributed by atoms with Gasteiger partial charge in [0.25, 0.3) is 0 Å². The van der Waals surface area contributed by atoms with Crippen molar-refractivity contribution in [1.82, 2.24) is 4.57 Å². The van der Waals surface area contributed by atoms with Crippen LogP contribution in [-0.2, 0) is 10.8 Å². The van der Waals surface area contributed by atoms with E-state index in [1.165, 1.54) is 86.4 Å². The quantitative estimate of drug-likeness (QED) is 0.155. The highest BCUT2D eigenvalue weighted by Crippen LogP contribution is 2.50. The second kappa shape index (κ2) is 11.8. The molecular weight excluding hydrogens is 788 g/mol. The van der Waals surface area contributed by atoms with Crippen LogP contribution in [0.4, 0.5) is 11.4 Å². The summed E-state index contributed by atoms with van der Waals surface area (Å²) in [5, 5.41) is 9.70. The fraction of sp³-hybridized carbons (Fsp3) is 0.158. The highest BCUT2D eigenvalue weighted by atomic mass is 32.1. The van der Waals surface area contributed by atoms with Crippen LogP contribution in [0.25, 0.3) is 103 Å². The lowest BCUT2D eigenvalue weighted by atomic mass is 9.44. The highest BCUT2D eigenvalue weighted by molar-refractivity contribution is 7.26. The van der Waals surface area contributed by atoms with Gasteiger partial charge in [-0.1, -0.05) is 102 Å². The Hall–Kier alpha value is -6.76. The van der Waals surface area contributed by atoms with E-state index in [2.05, 4.69) is 191 Å². The van der Waals surface area contributed by atoms with Crippen LogP contribution < -0.4 is 15.7 Å². The molecule has 0 spiro atoms. The molecule has 63 heavy (non-hydrogen) atoms. The van der Waals surface area contributed by atoms with Gasteiger partial charge in [-0.2, -0.15) is 0 Å². The molecule has 14 rings (SSSR count). The van der Waals surface area contributed by atoms with Gasteiger partial charge in [0.05, 0.1) is 11.0 Å². The maximum atomic E-state index is 6.82. The number of aryl methyl sites for hydroxylation is 1. The van der Waals surface area contributed by atoms with Gasteiger partial charge < -0.3 is 18.2 Å². The van der Waals surface area contributed by atoms with Gasteiger partial charge in [0, 0.05) is 81.2 Å². The third kappa shape index (κ3) is 4.72. The van der Waals surface area contributed by atoms with Crippen molar-refractivity contribution in [3.8, 4) is 16.8 Å². The van der Waals surface area contributed by atoms with Gasteiger partial charge in [0.2, 0.25) is 0 Å². The van der Waals surface area contributed by atoms with E-state index in [4.69, 9.17) is 8.83 Å². The van der Waals surface area contributed by atoms with Gasteiger partial charge >= 0.3 is 6.85 Å². The van der Waals surface area contributed by atoms with Crippen molar-refractivity contribution in [3.63, 3.8) is 0 Å². The molecule has 4 aromatic heterocycles. The number of nitrogens with zero attached hydrogens (tertiary/aromatic N) is 2. The molecule has 0 atom stereocenters. The van der Waals surface area contributed by atoms with Crippen molar-refractivity contribution < 1.29 is 8.83 Å². The van der Waals surface area contributed by atoms with Crippen LogP contribution >= 0.6 is 11.3 Å². The number of para-hydroxylation sites is 1. The number of aromatic nitrogens is 1. The summed E-state index contributed by atoms with van der Waals surface area (Å²) in [6.07, 6.45) is 0. The largest absolute Gasteiger partial charge is 0.456 e. The molecule has 0 aliphatic carbocycles. The second-order valence-corrected chi connectivity index (χ2v) is 21.3. The van der Waals surface area contributed by atoms with E-state index in [0.717, 1.165) is 55.3 Å². The molecule has 4 nitrogen and oxygen atoms in total. The van der Waals surface area contributed by atoms with E-state index in [1.807, 2.05) is 11.3 Å². The molecule has 0 radical (unpaired) electrons. The Morgan fingerprint density at radius 3 is 1.98 bits per heavy atom. The average molecular weight is 831 g/mol. The molecule has 0 amide bonds. The number of thiophene rings is 1. The minimum atomic E-state index is -0.115. The average Bonchev–Trinajstić information content (AvgIpc) is 4.02. The van der Waals surface area contributed by atoms with Crippen LogP contribution in [0.5, 0.6) is 0 Å². The van der Waals surface area contributed by atoms with Crippen LogP contribution in [0.3, 0.4) is 0 Å². The molecule has 6 heteroatoms. The zero-order valence-electron chi connectivity index (χ0n) is 36.4. The summed E-state index contributed by atoms with van der Waals surface area (Å²) in [7, 11) is 0. The number of fused-ring (bicyclic) bond motifs is 17. The summed E-state index contributed by atoms with van der Waals surface area (Å²) < 4.78 is 18.7. The molecule has 0 unspecified atom stereocenters. The normalized spacial score (nSPS) is 13.9. The number of furan rings is 2. The van der Waals surface area contributed by atoms with Crippen molar-refractivity contribution in [3.05, 3.63) is 150 Å². The first-order valence-corrected chi connectivity index (χ1v) is 23.0. The van der Waals surface area contributed by atoms with Gasteiger partial charge in [0.15, 0.2) is 0 Å². The lowest BCUT2D eigenvalue weighted by Gasteiger charge is -2.42. The Morgan fingerprint density at radius 2 is 1.19 bits per heavy atom. The van der Waals surface area contributed by atoms with E-state index in [1.54, 1.807) is 0 Å². The predicted molar refractivity (Wildman–Crippen MR) is 269 cm³/mol. The summed E-state index contributed by atoms with van der Waals surface area (Å²) in [6, 6.07) is 50.4. The molecule has 0 bridgehead atoms. The van der Waals surface area contributed by atoms with E-state index < -0.39 is 0 Å². The van der Waals surface area contributed by atoms with Crippen LogP contribution in [0.2, 0.25) is 0 Å². The van der Waals surface area contributed by atoms with Crippen molar-refractivity contribution in [2.45, 2.75) is 59.3 Å². The lowest BCUT2D eigenvalue weighted by Crippen LogP contribution is -2.60. The third-order valence-corrected chi connectivity index (χ3v) is 15.5. The monoisotopic (exact) mass is 830 g/mol. The molecule has 2 aliphatic rings. The van der Waals surface area contributed by atoms with Gasteiger partial charge in [0.1, 0.15) is 22.3 Å².